The number of piperidine rings is 1. The van der Waals surface area contributed by atoms with Gasteiger partial charge in [0.15, 0.2) is 0 Å². The lowest BCUT2D eigenvalue weighted by molar-refractivity contribution is 0.227. The van der Waals surface area contributed by atoms with Crippen LogP contribution in [0.1, 0.15) is 31.4 Å². The first-order chi connectivity index (χ1) is 7.65. The zero-order valence-electron chi connectivity index (χ0n) is 9.87. The lowest BCUT2D eigenvalue weighted by atomic mass is 10.0. The van der Waals surface area contributed by atoms with Gasteiger partial charge in [0.05, 0.1) is 4.34 Å². The molecule has 1 atom stereocenters. The molecule has 1 aromatic rings. The highest BCUT2D eigenvalue weighted by atomic mass is 35.5. The van der Waals surface area contributed by atoms with Gasteiger partial charge in [-0.3, -0.25) is 0 Å². The van der Waals surface area contributed by atoms with Crippen molar-refractivity contribution in [1.29, 1.82) is 0 Å². The molecule has 0 spiro atoms. The van der Waals surface area contributed by atoms with Crippen molar-refractivity contribution in [2.45, 2.75) is 31.8 Å². The van der Waals surface area contributed by atoms with E-state index < -0.39 is 0 Å². The molecule has 1 saturated heterocycles. The van der Waals surface area contributed by atoms with Crippen LogP contribution in [0.15, 0.2) is 11.4 Å². The molecule has 90 valence electrons. The van der Waals surface area contributed by atoms with Gasteiger partial charge in [-0.25, -0.2) is 0 Å². The molecule has 1 aliphatic heterocycles. The standard InChI is InChI=1S/C12H19ClN2S/c1-9(10-7-12(13)16-8-10)14-11-3-5-15(2)6-4-11/h7-9,11,14H,3-6H2,1-2H3. The van der Waals surface area contributed by atoms with E-state index in [4.69, 9.17) is 11.6 Å². The van der Waals surface area contributed by atoms with Gasteiger partial charge in [0.1, 0.15) is 0 Å². The summed E-state index contributed by atoms with van der Waals surface area (Å²) >= 11 is 7.56. The van der Waals surface area contributed by atoms with E-state index in [1.807, 2.05) is 0 Å². The molecular weight excluding hydrogens is 240 g/mol. The summed E-state index contributed by atoms with van der Waals surface area (Å²) in [5.41, 5.74) is 1.31. The fraction of sp³-hybridized carbons (Fsp3) is 0.667. The molecule has 1 N–H and O–H groups in total. The Balaban J connectivity index is 1.85. The molecule has 0 bridgehead atoms. The molecule has 0 radical (unpaired) electrons. The highest BCUT2D eigenvalue weighted by Crippen LogP contribution is 2.25. The first-order valence-electron chi connectivity index (χ1n) is 5.83. The molecule has 0 aliphatic carbocycles. The van der Waals surface area contributed by atoms with Crippen LogP contribution in [0.2, 0.25) is 4.34 Å². The van der Waals surface area contributed by atoms with Gasteiger partial charge in [0, 0.05) is 12.1 Å². The smallest absolute Gasteiger partial charge is 0.0931 e. The first-order valence-corrected chi connectivity index (χ1v) is 7.09. The maximum absolute atomic E-state index is 5.95. The number of halogens is 1. The molecular formula is C12H19ClN2S. The number of rotatable bonds is 3. The Kier molecular flexibility index (Phi) is 4.25. The molecule has 1 aliphatic rings. The first kappa shape index (κ1) is 12.4. The third-order valence-electron chi connectivity index (χ3n) is 3.29. The molecule has 16 heavy (non-hydrogen) atoms. The van der Waals surface area contributed by atoms with Gasteiger partial charge in [-0.15, -0.1) is 11.3 Å². The van der Waals surface area contributed by atoms with Crippen LogP contribution in [0.4, 0.5) is 0 Å². The summed E-state index contributed by atoms with van der Waals surface area (Å²) in [5, 5.41) is 5.84. The van der Waals surface area contributed by atoms with Crippen LogP contribution >= 0.6 is 22.9 Å². The zero-order valence-corrected chi connectivity index (χ0v) is 11.4. The minimum Gasteiger partial charge on any atom is -0.307 e. The molecule has 2 rings (SSSR count). The molecule has 0 aromatic carbocycles. The second kappa shape index (κ2) is 5.50. The van der Waals surface area contributed by atoms with Crippen molar-refractivity contribution in [2.75, 3.05) is 20.1 Å². The fourth-order valence-electron chi connectivity index (χ4n) is 2.18. The third-order valence-corrected chi connectivity index (χ3v) is 4.40. The van der Waals surface area contributed by atoms with Crippen molar-refractivity contribution >= 4 is 22.9 Å². The van der Waals surface area contributed by atoms with Gasteiger partial charge >= 0.3 is 0 Å². The van der Waals surface area contributed by atoms with E-state index in [1.165, 1.54) is 31.5 Å². The summed E-state index contributed by atoms with van der Waals surface area (Å²) < 4.78 is 0.882. The van der Waals surface area contributed by atoms with Crippen LogP contribution < -0.4 is 5.32 Å². The van der Waals surface area contributed by atoms with Crippen molar-refractivity contribution in [2.24, 2.45) is 0 Å². The molecule has 1 fully saturated rings. The number of likely N-dealkylation sites (tertiary alicyclic amines) is 1. The SMILES string of the molecule is CC(NC1CCN(C)CC1)c1csc(Cl)c1. The van der Waals surface area contributed by atoms with Gasteiger partial charge in [-0.1, -0.05) is 11.6 Å². The van der Waals surface area contributed by atoms with Crippen LogP contribution in [0.5, 0.6) is 0 Å². The molecule has 1 aromatic heterocycles. The van der Waals surface area contributed by atoms with Gasteiger partial charge in [-0.2, -0.15) is 0 Å². The van der Waals surface area contributed by atoms with Crippen molar-refractivity contribution < 1.29 is 0 Å². The van der Waals surface area contributed by atoms with Crippen molar-refractivity contribution in [3.8, 4) is 0 Å². The molecule has 1 unspecified atom stereocenters. The Morgan fingerprint density at radius 3 is 2.75 bits per heavy atom. The lowest BCUT2D eigenvalue weighted by Crippen LogP contribution is -2.41. The Morgan fingerprint density at radius 1 is 1.50 bits per heavy atom. The quantitative estimate of drug-likeness (QED) is 0.896. The largest absolute Gasteiger partial charge is 0.307 e. The van der Waals surface area contributed by atoms with E-state index in [0.29, 0.717) is 12.1 Å². The van der Waals surface area contributed by atoms with Gasteiger partial charge in [-0.05, 0) is 56.9 Å². The summed E-state index contributed by atoms with van der Waals surface area (Å²) in [6.07, 6.45) is 2.50. The number of hydrogen-bond donors (Lipinski definition) is 1. The zero-order chi connectivity index (χ0) is 11.5. The van der Waals surface area contributed by atoms with Crippen LogP contribution in [0.3, 0.4) is 0 Å². The molecule has 4 heteroatoms. The molecule has 2 nitrogen and oxygen atoms in total. The fourth-order valence-corrected chi connectivity index (χ4v) is 3.16. The Bertz CT molecular complexity index is 332. The van der Waals surface area contributed by atoms with Gasteiger partial charge in [0.2, 0.25) is 0 Å². The Morgan fingerprint density at radius 2 is 2.19 bits per heavy atom. The minimum absolute atomic E-state index is 0.414. The second-order valence-corrected chi connectivity index (χ2v) is 6.19. The topological polar surface area (TPSA) is 15.3 Å². The maximum atomic E-state index is 5.95. The van der Waals surface area contributed by atoms with Gasteiger partial charge < -0.3 is 10.2 Å². The third kappa shape index (κ3) is 3.20. The monoisotopic (exact) mass is 258 g/mol. The van der Waals surface area contributed by atoms with Crippen molar-refractivity contribution in [3.05, 3.63) is 21.3 Å². The van der Waals surface area contributed by atoms with Crippen LogP contribution in [-0.2, 0) is 0 Å². The summed E-state index contributed by atoms with van der Waals surface area (Å²) in [6.45, 7) is 4.63. The number of nitrogens with one attached hydrogen (secondary N) is 1. The van der Waals surface area contributed by atoms with E-state index >= 15 is 0 Å². The van der Waals surface area contributed by atoms with E-state index in [1.54, 1.807) is 11.3 Å². The normalized spacial score (nSPS) is 21.2. The average molecular weight is 259 g/mol. The Labute approximate surface area is 107 Å². The number of nitrogens with zero attached hydrogens (tertiary/aromatic N) is 1. The van der Waals surface area contributed by atoms with Crippen LogP contribution in [-0.4, -0.2) is 31.1 Å². The predicted molar refractivity (Wildman–Crippen MR) is 71.4 cm³/mol. The van der Waals surface area contributed by atoms with E-state index in [9.17, 15) is 0 Å². The predicted octanol–water partition coefficient (Wildman–Crippen LogP) is 3.15. The summed E-state index contributed by atoms with van der Waals surface area (Å²) in [4.78, 5) is 2.39. The van der Waals surface area contributed by atoms with E-state index in [-0.39, 0.29) is 0 Å². The van der Waals surface area contributed by atoms with Crippen molar-refractivity contribution in [3.63, 3.8) is 0 Å². The second-order valence-electron chi connectivity index (χ2n) is 4.65. The minimum atomic E-state index is 0.414. The average Bonchev–Trinajstić information content (AvgIpc) is 2.68. The van der Waals surface area contributed by atoms with Gasteiger partial charge in [0.25, 0.3) is 0 Å². The molecule has 0 saturated carbocycles. The van der Waals surface area contributed by atoms with E-state index in [2.05, 4.69) is 35.6 Å². The highest BCUT2D eigenvalue weighted by Gasteiger charge is 2.19. The summed E-state index contributed by atoms with van der Waals surface area (Å²) in [5.74, 6) is 0. The maximum Gasteiger partial charge on any atom is 0.0931 e. The van der Waals surface area contributed by atoms with E-state index in [0.717, 1.165) is 4.34 Å². The highest BCUT2D eigenvalue weighted by molar-refractivity contribution is 7.14. The summed E-state index contributed by atoms with van der Waals surface area (Å²) in [7, 11) is 2.19. The number of hydrogen-bond acceptors (Lipinski definition) is 3. The van der Waals surface area contributed by atoms with Crippen molar-refractivity contribution in [1.82, 2.24) is 10.2 Å². The molecule has 2 heterocycles. The Hall–Kier alpha value is -0.0900. The molecule has 0 amide bonds. The summed E-state index contributed by atoms with van der Waals surface area (Å²) in [6, 6.07) is 3.14. The lowest BCUT2D eigenvalue weighted by Gasteiger charge is -2.31. The van der Waals surface area contributed by atoms with Crippen LogP contribution in [0, 0.1) is 0 Å². The van der Waals surface area contributed by atoms with Crippen LogP contribution in [0.25, 0.3) is 0 Å². The number of thiophene rings is 1.